The molecule has 0 atom stereocenters. The van der Waals surface area contributed by atoms with Crippen LogP contribution in [0.15, 0.2) is 42.5 Å². The average molecular weight is 354 g/mol. The van der Waals surface area contributed by atoms with Crippen molar-refractivity contribution < 1.29 is 9.53 Å². The van der Waals surface area contributed by atoms with Gasteiger partial charge in [0.1, 0.15) is 6.07 Å². The molecule has 1 aromatic heterocycles. The van der Waals surface area contributed by atoms with Crippen molar-refractivity contribution in [3.8, 4) is 17.3 Å². The number of nitrogens with zero attached hydrogens (tertiary/aromatic N) is 2. The molecule has 2 aromatic carbocycles. The van der Waals surface area contributed by atoms with Crippen LogP contribution in [0.3, 0.4) is 0 Å². The van der Waals surface area contributed by atoms with Gasteiger partial charge in [0.15, 0.2) is 0 Å². The van der Waals surface area contributed by atoms with Gasteiger partial charge in [0, 0.05) is 28.7 Å². The van der Waals surface area contributed by atoms with Gasteiger partial charge in [-0.25, -0.2) is 4.79 Å². The molecule has 3 aromatic rings. The number of fused-ring (bicyclic) bond motifs is 1. The van der Waals surface area contributed by atoms with E-state index in [0.29, 0.717) is 22.9 Å². The van der Waals surface area contributed by atoms with Crippen LogP contribution in [0.25, 0.3) is 22.2 Å². The number of nitrogens with one attached hydrogen (secondary N) is 1. The van der Waals surface area contributed by atoms with Crippen molar-refractivity contribution in [2.75, 3.05) is 11.9 Å². The maximum atomic E-state index is 11.5. The molecule has 0 radical (unpaired) electrons. The van der Waals surface area contributed by atoms with Crippen molar-refractivity contribution in [1.29, 1.82) is 5.26 Å². The summed E-state index contributed by atoms with van der Waals surface area (Å²) in [6, 6.07) is 15.1. The minimum absolute atomic E-state index is 0.313. The smallest absolute Gasteiger partial charge is 0.411 e. The number of ether oxygens (including phenoxy) is 1. The second-order valence-corrected chi connectivity index (χ2v) is 5.92. The van der Waals surface area contributed by atoms with Crippen LogP contribution in [-0.4, -0.2) is 17.3 Å². The molecule has 0 saturated carbocycles. The molecule has 0 fully saturated rings. The summed E-state index contributed by atoms with van der Waals surface area (Å²) in [4.78, 5) is 11.5. The maximum Gasteiger partial charge on any atom is 0.411 e. The van der Waals surface area contributed by atoms with Crippen LogP contribution in [0.2, 0.25) is 5.02 Å². The van der Waals surface area contributed by atoms with Gasteiger partial charge in [0.2, 0.25) is 0 Å². The van der Waals surface area contributed by atoms with Gasteiger partial charge in [-0.05, 0) is 42.8 Å². The zero-order valence-corrected chi connectivity index (χ0v) is 14.6. The second-order valence-electron chi connectivity index (χ2n) is 5.48. The lowest BCUT2D eigenvalue weighted by Gasteiger charge is -2.08. The standard InChI is InChI=1S/C19H16ClN3O2/c1-3-25-19(24)22-14-7-4-12(5-8-14)18-16(11-21)15-10-13(20)6-9-17(15)23(18)2/h4-10H,3H2,1-2H3,(H,22,24). The molecular formula is C19H16ClN3O2. The summed E-state index contributed by atoms with van der Waals surface area (Å²) >= 11 is 6.08. The lowest BCUT2D eigenvalue weighted by molar-refractivity contribution is 0.168. The Kier molecular flexibility index (Phi) is 4.64. The summed E-state index contributed by atoms with van der Waals surface area (Å²) in [5.74, 6) is 0. The number of aryl methyl sites for hydroxylation is 1. The summed E-state index contributed by atoms with van der Waals surface area (Å²) in [7, 11) is 1.91. The minimum Gasteiger partial charge on any atom is -0.450 e. The average Bonchev–Trinajstić information content (AvgIpc) is 2.87. The summed E-state index contributed by atoms with van der Waals surface area (Å²) in [6.45, 7) is 2.06. The molecule has 0 aliphatic rings. The first-order chi connectivity index (χ1) is 12.0. The normalized spacial score (nSPS) is 10.5. The molecule has 0 spiro atoms. The van der Waals surface area contributed by atoms with Crippen molar-refractivity contribution in [2.24, 2.45) is 7.05 Å². The zero-order chi connectivity index (χ0) is 18.0. The Labute approximate surface area is 150 Å². The van der Waals surface area contributed by atoms with Crippen molar-refractivity contribution >= 4 is 34.3 Å². The van der Waals surface area contributed by atoms with Gasteiger partial charge >= 0.3 is 6.09 Å². The first-order valence-electron chi connectivity index (χ1n) is 7.77. The van der Waals surface area contributed by atoms with E-state index in [1.807, 2.05) is 29.8 Å². The predicted octanol–water partition coefficient (Wildman–Crippen LogP) is 4.94. The fourth-order valence-electron chi connectivity index (χ4n) is 2.86. The van der Waals surface area contributed by atoms with Gasteiger partial charge in [-0.1, -0.05) is 23.7 Å². The first-order valence-corrected chi connectivity index (χ1v) is 8.15. The van der Waals surface area contributed by atoms with E-state index in [1.54, 1.807) is 31.2 Å². The van der Waals surface area contributed by atoms with Crippen molar-refractivity contribution in [2.45, 2.75) is 6.92 Å². The van der Waals surface area contributed by atoms with E-state index in [0.717, 1.165) is 22.2 Å². The third-order valence-electron chi connectivity index (χ3n) is 3.95. The van der Waals surface area contributed by atoms with E-state index in [2.05, 4.69) is 11.4 Å². The molecule has 0 saturated heterocycles. The Morgan fingerprint density at radius 3 is 2.64 bits per heavy atom. The highest BCUT2D eigenvalue weighted by Crippen LogP contribution is 2.34. The Morgan fingerprint density at radius 1 is 1.28 bits per heavy atom. The third kappa shape index (κ3) is 3.17. The molecule has 1 heterocycles. The summed E-state index contributed by atoms with van der Waals surface area (Å²) in [5, 5.41) is 13.7. The Hall–Kier alpha value is -2.97. The maximum absolute atomic E-state index is 11.5. The van der Waals surface area contributed by atoms with Crippen LogP contribution >= 0.6 is 11.6 Å². The molecule has 0 aliphatic carbocycles. The number of benzene rings is 2. The largest absolute Gasteiger partial charge is 0.450 e. The highest BCUT2D eigenvalue weighted by Gasteiger charge is 2.17. The summed E-state index contributed by atoms with van der Waals surface area (Å²) in [6.07, 6.45) is -0.493. The van der Waals surface area contributed by atoms with E-state index < -0.39 is 6.09 Å². The van der Waals surface area contributed by atoms with Crippen LogP contribution in [-0.2, 0) is 11.8 Å². The molecule has 0 unspecified atom stereocenters. The van der Waals surface area contributed by atoms with Crippen LogP contribution in [0.5, 0.6) is 0 Å². The number of rotatable bonds is 3. The Bertz CT molecular complexity index is 985. The van der Waals surface area contributed by atoms with Gasteiger partial charge in [-0.3, -0.25) is 5.32 Å². The number of carbonyl (C=O) groups excluding carboxylic acids is 1. The van der Waals surface area contributed by atoms with E-state index >= 15 is 0 Å². The monoisotopic (exact) mass is 353 g/mol. The number of carbonyl (C=O) groups is 1. The number of hydrogen-bond acceptors (Lipinski definition) is 3. The van der Waals surface area contributed by atoms with Crippen LogP contribution < -0.4 is 5.32 Å². The molecule has 0 bridgehead atoms. The second kappa shape index (κ2) is 6.88. The number of hydrogen-bond donors (Lipinski definition) is 1. The lowest BCUT2D eigenvalue weighted by Crippen LogP contribution is -2.13. The first kappa shape index (κ1) is 16.9. The highest BCUT2D eigenvalue weighted by molar-refractivity contribution is 6.31. The molecular weight excluding hydrogens is 338 g/mol. The van der Waals surface area contributed by atoms with E-state index in [1.165, 1.54) is 0 Å². The molecule has 25 heavy (non-hydrogen) atoms. The highest BCUT2D eigenvalue weighted by atomic mass is 35.5. The number of halogens is 1. The van der Waals surface area contributed by atoms with Crippen LogP contribution in [0.1, 0.15) is 12.5 Å². The summed E-state index contributed by atoms with van der Waals surface area (Å²) < 4.78 is 6.83. The number of aromatic nitrogens is 1. The molecule has 126 valence electrons. The number of amides is 1. The molecule has 1 N–H and O–H groups in total. The van der Waals surface area contributed by atoms with Crippen LogP contribution in [0, 0.1) is 11.3 Å². The SMILES string of the molecule is CCOC(=O)Nc1ccc(-c2c(C#N)c3cc(Cl)ccc3n2C)cc1. The van der Waals surface area contributed by atoms with Gasteiger partial charge in [-0.15, -0.1) is 0 Å². The van der Waals surface area contributed by atoms with Crippen molar-refractivity contribution in [1.82, 2.24) is 4.57 Å². The van der Waals surface area contributed by atoms with E-state index in [4.69, 9.17) is 16.3 Å². The van der Waals surface area contributed by atoms with E-state index in [9.17, 15) is 10.1 Å². The third-order valence-corrected chi connectivity index (χ3v) is 4.19. The minimum atomic E-state index is -0.493. The molecule has 1 amide bonds. The molecule has 0 aliphatic heterocycles. The molecule has 6 heteroatoms. The van der Waals surface area contributed by atoms with E-state index in [-0.39, 0.29) is 0 Å². The quantitative estimate of drug-likeness (QED) is 0.725. The zero-order valence-electron chi connectivity index (χ0n) is 13.8. The molecule has 3 rings (SSSR count). The summed E-state index contributed by atoms with van der Waals surface area (Å²) in [5.41, 5.74) is 3.82. The lowest BCUT2D eigenvalue weighted by atomic mass is 10.1. The van der Waals surface area contributed by atoms with Gasteiger partial charge < -0.3 is 9.30 Å². The van der Waals surface area contributed by atoms with Gasteiger partial charge in [0.25, 0.3) is 0 Å². The predicted molar refractivity (Wildman–Crippen MR) is 98.7 cm³/mol. The Morgan fingerprint density at radius 2 is 2.00 bits per heavy atom. The van der Waals surface area contributed by atoms with Crippen molar-refractivity contribution in [3.05, 3.63) is 53.1 Å². The number of anilines is 1. The fraction of sp³-hybridized carbons (Fsp3) is 0.158. The van der Waals surface area contributed by atoms with Crippen molar-refractivity contribution in [3.63, 3.8) is 0 Å². The number of nitriles is 1. The topological polar surface area (TPSA) is 67.0 Å². The molecule has 5 nitrogen and oxygen atoms in total. The van der Waals surface area contributed by atoms with Gasteiger partial charge in [0.05, 0.1) is 17.9 Å². The van der Waals surface area contributed by atoms with Gasteiger partial charge in [-0.2, -0.15) is 5.26 Å². The fourth-order valence-corrected chi connectivity index (χ4v) is 3.04. The van der Waals surface area contributed by atoms with Crippen LogP contribution in [0.4, 0.5) is 10.5 Å². The Balaban J connectivity index is 2.03.